The average molecular weight is 304 g/mol. The standard InChI is InChI=1S/C15H20N4OS/c1-8-6-11-12(9(2)17-8)13(16)14(21-11)15(20)18-10-4-5-19(3)7-10/h6,10H,4-5,7,16H2,1-3H3,(H,18,20). The highest BCUT2D eigenvalue weighted by Crippen LogP contribution is 2.35. The molecule has 1 aliphatic rings. The number of nitrogens with two attached hydrogens (primary N) is 1. The van der Waals surface area contributed by atoms with E-state index in [1.54, 1.807) is 0 Å². The fraction of sp³-hybridized carbons (Fsp3) is 0.467. The van der Waals surface area contributed by atoms with Crippen LogP contribution < -0.4 is 11.1 Å². The van der Waals surface area contributed by atoms with Crippen molar-refractivity contribution >= 4 is 33.0 Å². The van der Waals surface area contributed by atoms with Crippen LogP contribution in [0.15, 0.2) is 6.07 Å². The van der Waals surface area contributed by atoms with Crippen LogP contribution in [0.25, 0.3) is 10.1 Å². The summed E-state index contributed by atoms with van der Waals surface area (Å²) < 4.78 is 1.03. The fourth-order valence-electron chi connectivity index (χ4n) is 2.95. The number of hydrogen-bond acceptors (Lipinski definition) is 5. The maximum absolute atomic E-state index is 12.5. The minimum atomic E-state index is -0.0638. The van der Waals surface area contributed by atoms with Gasteiger partial charge in [0.05, 0.1) is 5.69 Å². The van der Waals surface area contributed by atoms with E-state index in [9.17, 15) is 4.79 Å². The van der Waals surface area contributed by atoms with Crippen molar-refractivity contribution in [1.82, 2.24) is 15.2 Å². The third-order valence-corrected chi connectivity index (χ3v) is 5.10. The molecule has 1 unspecified atom stereocenters. The Balaban J connectivity index is 1.91. The molecule has 0 spiro atoms. The van der Waals surface area contributed by atoms with Gasteiger partial charge in [0.2, 0.25) is 0 Å². The fourth-order valence-corrected chi connectivity index (χ4v) is 4.12. The SMILES string of the molecule is Cc1cc2sc(C(=O)NC3CCN(C)C3)c(N)c2c(C)n1. The number of nitrogens with one attached hydrogen (secondary N) is 1. The number of fused-ring (bicyclic) bond motifs is 1. The van der Waals surface area contributed by atoms with Crippen molar-refractivity contribution in [2.45, 2.75) is 26.3 Å². The van der Waals surface area contributed by atoms with Crippen LogP contribution in [0.5, 0.6) is 0 Å². The Labute approximate surface area is 128 Å². The normalized spacial score (nSPS) is 19.3. The molecule has 2 aromatic heterocycles. The lowest BCUT2D eigenvalue weighted by molar-refractivity contribution is 0.0943. The van der Waals surface area contributed by atoms with E-state index in [0.717, 1.165) is 41.0 Å². The number of carbonyl (C=O) groups excluding carboxylic acids is 1. The average Bonchev–Trinajstić information content (AvgIpc) is 2.93. The number of likely N-dealkylation sites (tertiary alicyclic amines) is 1. The molecule has 0 bridgehead atoms. The third kappa shape index (κ3) is 2.61. The zero-order valence-electron chi connectivity index (χ0n) is 12.6. The van der Waals surface area contributed by atoms with Gasteiger partial charge in [-0.25, -0.2) is 0 Å². The molecule has 6 heteroatoms. The highest BCUT2D eigenvalue weighted by molar-refractivity contribution is 7.21. The Morgan fingerprint density at radius 2 is 2.29 bits per heavy atom. The Bertz CT molecular complexity index is 709. The van der Waals surface area contributed by atoms with Crippen molar-refractivity contribution in [3.63, 3.8) is 0 Å². The van der Waals surface area contributed by atoms with E-state index >= 15 is 0 Å². The highest BCUT2D eigenvalue weighted by Gasteiger charge is 2.24. The molecule has 3 heterocycles. The molecule has 0 aromatic carbocycles. The van der Waals surface area contributed by atoms with Crippen molar-refractivity contribution in [3.05, 3.63) is 22.3 Å². The van der Waals surface area contributed by atoms with Crippen LogP contribution >= 0.6 is 11.3 Å². The number of aryl methyl sites for hydroxylation is 2. The van der Waals surface area contributed by atoms with Crippen LogP contribution in [0.4, 0.5) is 5.69 Å². The molecule has 112 valence electrons. The molecule has 1 aliphatic heterocycles. The zero-order valence-corrected chi connectivity index (χ0v) is 13.4. The summed E-state index contributed by atoms with van der Waals surface area (Å²) in [6, 6.07) is 2.21. The van der Waals surface area contributed by atoms with Crippen LogP contribution in [0.3, 0.4) is 0 Å². The second kappa shape index (κ2) is 5.27. The number of rotatable bonds is 2. The van der Waals surface area contributed by atoms with E-state index in [0.29, 0.717) is 10.6 Å². The van der Waals surface area contributed by atoms with Crippen molar-refractivity contribution in [1.29, 1.82) is 0 Å². The summed E-state index contributed by atoms with van der Waals surface area (Å²) in [5, 5.41) is 4.01. The molecule has 21 heavy (non-hydrogen) atoms. The summed E-state index contributed by atoms with van der Waals surface area (Å²) in [6.07, 6.45) is 0.993. The molecule has 0 saturated carbocycles. The van der Waals surface area contributed by atoms with Gasteiger partial charge >= 0.3 is 0 Å². The van der Waals surface area contributed by atoms with Crippen molar-refractivity contribution in [2.24, 2.45) is 0 Å². The van der Waals surface area contributed by atoms with E-state index in [1.165, 1.54) is 11.3 Å². The summed E-state index contributed by atoms with van der Waals surface area (Å²) in [4.78, 5) is 19.7. The molecule has 1 fully saturated rings. The number of carbonyl (C=O) groups is 1. The van der Waals surface area contributed by atoms with Gasteiger partial charge in [0.25, 0.3) is 5.91 Å². The van der Waals surface area contributed by atoms with E-state index in [-0.39, 0.29) is 11.9 Å². The summed E-state index contributed by atoms with van der Waals surface area (Å²) >= 11 is 1.45. The van der Waals surface area contributed by atoms with Crippen LogP contribution in [0.2, 0.25) is 0 Å². The predicted octanol–water partition coefficient (Wildman–Crippen LogP) is 1.93. The molecule has 5 nitrogen and oxygen atoms in total. The van der Waals surface area contributed by atoms with Crippen molar-refractivity contribution in [2.75, 3.05) is 25.9 Å². The summed E-state index contributed by atoms with van der Waals surface area (Å²) in [5.41, 5.74) is 8.59. The van der Waals surface area contributed by atoms with Gasteiger partial charge < -0.3 is 16.0 Å². The molecule has 3 rings (SSSR count). The molecule has 1 atom stereocenters. The molecule has 0 aliphatic carbocycles. The first-order chi connectivity index (χ1) is 9.95. The number of aromatic nitrogens is 1. The van der Waals surface area contributed by atoms with Crippen LogP contribution in [0.1, 0.15) is 27.5 Å². The molecule has 1 saturated heterocycles. The van der Waals surface area contributed by atoms with Crippen LogP contribution in [-0.4, -0.2) is 42.0 Å². The lowest BCUT2D eigenvalue weighted by Gasteiger charge is -2.12. The van der Waals surface area contributed by atoms with Crippen molar-refractivity contribution < 1.29 is 4.79 Å². The number of thiophene rings is 1. The number of amides is 1. The van der Waals surface area contributed by atoms with Gasteiger partial charge in [0.15, 0.2) is 0 Å². The Morgan fingerprint density at radius 1 is 1.52 bits per heavy atom. The number of likely N-dealkylation sites (N-methyl/N-ethyl adjacent to an activating group) is 1. The van der Waals surface area contributed by atoms with E-state index in [1.807, 2.05) is 19.9 Å². The molecule has 3 N–H and O–H groups in total. The van der Waals surface area contributed by atoms with Crippen LogP contribution in [0, 0.1) is 13.8 Å². The van der Waals surface area contributed by atoms with Gasteiger partial charge in [-0.15, -0.1) is 11.3 Å². The topological polar surface area (TPSA) is 71.2 Å². The lowest BCUT2D eigenvalue weighted by atomic mass is 10.2. The number of nitrogen functional groups attached to an aromatic ring is 1. The minimum Gasteiger partial charge on any atom is -0.397 e. The van der Waals surface area contributed by atoms with Gasteiger partial charge in [-0.1, -0.05) is 0 Å². The lowest BCUT2D eigenvalue weighted by Crippen LogP contribution is -2.36. The van der Waals surface area contributed by atoms with E-state index < -0.39 is 0 Å². The zero-order chi connectivity index (χ0) is 15.1. The van der Waals surface area contributed by atoms with E-state index in [2.05, 4.69) is 22.2 Å². The van der Waals surface area contributed by atoms with Gasteiger partial charge in [-0.3, -0.25) is 9.78 Å². The number of anilines is 1. The molecule has 2 aromatic rings. The number of hydrogen-bond donors (Lipinski definition) is 2. The summed E-state index contributed by atoms with van der Waals surface area (Å²) in [6.45, 7) is 5.81. The maximum atomic E-state index is 12.5. The molecule has 0 radical (unpaired) electrons. The quantitative estimate of drug-likeness (QED) is 0.889. The predicted molar refractivity (Wildman–Crippen MR) is 86.9 cm³/mol. The van der Waals surface area contributed by atoms with Gasteiger partial charge in [-0.2, -0.15) is 0 Å². The summed E-state index contributed by atoms with van der Waals surface area (Å²) in [5.74, 6) is -0.0638. The summed E-state index contributed by atoms with van der Waals surface area (Å²) in [7, 11) is 2.07. The first-order valence-corrected chi connectivity index (χ1v) is 7.93. The Kier molecular flexibility index (Phi) is 3.59. The molecular formula is C15H20N4OS. The largest absolute Gasteiger partial charge is 0.397 e. The first-order valence-electron chi connectivity index (χ1n) is 7.11. The molecule has 1 amide bonds. The third-order valence-electron chi connectivity index (χ3n) is 3.95. The smallest absolute Gasteiger partial charge is 0.263 e. The second-order valence-electron chi connectivity index (χ2n) is 5.79. The second-order valence-corrected chi connectivity index (χ2v) is 6.84. The van der Waals surface area contributed by atoms with Gasteiger partial charge in [0.1, 0.15) is 4.88 Å². The van der Waals surface area contributed by atoms with Gasteiger partial charge in [-0.05, 0) is 39.9 Å². The van der Waals surface area contributed by atoms with Gasteiger partial charge in [0, 0.05) is 34.1 Å². The maximum Gasteiger partial charge on any atom is 0.263 e. The Morgan fingerprint density at radius 3 is 2.95 bits per heavy atom. The highest BCUT2D eigenvalue weighted by atomic mass is 32.1. The number of nitrogens with zero attached hydrogens (tertiary/aromatic N) is 2. The number of pyridine rings is 1. The molecular weight excluding hydrogens is 284 g/mol. The van der Waals surface area contributed by atoms with Crippen molar-refractivity contribution in [3.8, 4) is 0 Å². The van der Waals surface area contributed by atoms with E-state index in [4.69, 9.17) is 5.73 Å². The minimum absolute atomic E-state index is 0.0638. The Hall–Kier alpha value is -1.66. The first kappa shape index (κ1) is 14.3. The van der Waals surface area contributed by atoms with Crippen LogP contribution in [-0.2, 0) is 0 Å². The monoisotopic (exact) mass is 304 g/mol.